The first kappa shape index (κ1) is 13.2. The van der Waals surface area contributed by atoms with Gasteiger partial charge in [0.25, 0.3) is 0 Å². The first-order valence-corrected chi connectivity index (χ1v) is 6.87. The van der Waals surface area contributed by atoms with Crippen molar-refractivity contribution < 1.29 is 13.2 Å². The molecule has 0 amide bonds. The minimum Gasteiger partial charge on any atom is -0.384 e. The molecule has 0 aliphatic rings. The fraction of sp³-hybridized carbons (Fsp3) is 0.455. The third-order valence-corrected chi connectivity index (χ3v) is 3.77. The van der Waals surface area contributed by atoms with E-state index in [0.717, 1.165) is 11.1 Å². The van der Waals surface area contributed by atoms with Crippen LogP contribution in [0.1, 0.15) is 11.1 Å². The lowest BCUT2D eigenvalue weighted by Gasteiger charge is -2.05. The number of benzene rings is 1. The number of ether oxygens (including phenoxy) is 1. The Hall–Kier alpha value is -0.910. The maximum atomic E-state index is 11.6. The molecule has 0 atom stereocenters. The van der Waals surface area contributed by atoms with Crippen molar-refractivity contribution >= 4 is 9.84 Å². The number of nitrogens with two attached hydrogens (primary N) is 1. The molecule has 16 heavy (non-hydrogen) atoms. The summed E-state index contributed by atoms with van der Waals surface area (Å²) in [6, 6.07) is 7.32. The average Bonchev–Trinajstić information content (AvgIpc) is 2.26. The van der Waals surface area contributed by atoms with Crippen LogP contribution in [-0.4, -0.2) is 27.9 Å². The zero-order valence-corrected chi connectivity index (χ0v) is 10.2. The number of rotatable bonds is 6. The summed E-state index contributed by atoms with van der Waals surface area (Å²) in [7, 11) is -1.60. The van der Waals surface area contributed by atoms with Crippen LogP contribution in [0.5, 0.6) is 0 Å². The number of hydrogen-bond acceptors (Lipinski definition) is 4. The molecule has 1 aromatic rings. The molecule has 0 aromatic heterocycles. The summed E-state index contributed by atoms with van der Waals surface area (Å²) in [6.07, 6.45) is 0. The summed E-state index contributed by atoms with van der Waals surface area (Å²) in [5.74, 6) is 0.0978. The lowest BCUT2D eigenvalue weighted by atomic mass is 10.1. The summed E-state index contributed by atoms with van der Waals surface area (Å²) >= 11 is 0. The molecule has 5 heteroatoms. The molecule has 0 radical (unpaired) electrons. The molecule has 0 bridgehead atoms. The minimum absolute atomic E-state index is 0.0458. The van der Waals surface area contributed by atoms with E-state index in [0.29, 0.717) is 6.54 Å². The van der Waals surface area contributed by atoms with Gasteiger partial charge in [-0.1, -0.05) is 24.3 Å². The first-order chi connectivity index (χ1) is 7.57. The quantitative estimate of drug-likeness (QED) is 0.798. The Morgan fingerprint density at radius 1 is 1.31 bits per heavy atom. The molecule has 0 spiro atoms. The van der Waals surface area contributed by atoms with Gasteiger partial charge in [-0.2, -0.15) is 0 Å². The van der Waals surface area contributed by atoms with Gasteiger partial charge in [-0.05, 0) is 11.1 Å². The topological polar surface area (TPSA) is 69.4 Å². The van der Waals surface area contributed by atoms with Crippen molar-refractivity contribution in [1.82, 2.24) is 0 Å². The van der Waals surface area contributed by atoms with Crippen LogP contribution in [0, 0.1) is 0 Å². The van der Waals surface area contributed by atoms with Crippen LogP contribution in [0.15, 0.2) is 24.3 Å². The van der Waals surface area contributed by atoms with Crippen molar-refractivity contribution in [3.05, 3.63) is 35.4 Å². The molecule has 0 aliphatic carbocycles. The van der Waals surface area contributed by atoms with E-state index in [1.165, 1.54) is 7.11 Å². The fourth-order valence-corrected chi connectivity index (χ4v) is 2.64. The van der Waals surface area contributed by atoms with Gasteiger partial charge >= 0.3 is 0 Å². The van der Waals surface area contributed by atoms with Gasteiger partial charge in [0.15, 0.2) is 9.84 Å². The molecule has 0 unspecified atom stereocenters. The predicted octanol–water partition coefficient (Wildman–Crippen LogP) is 0.707. The van der Waals surface area contributed by atoms with E-state index in [2.05, 4.69) is 0 Å². The van der Waals surface area contributed by atoms with E-state index >= 15 is 0 Å². The molecule has 0 fully saturated rings. The highest BCUT2D eigenvalue weighted by atomic mass is 32.2. The van der Waals surface area contributed by atoms with Crippen molar-refractivity contribution in [1.29, 1.82) is 0 Å². The second-order valence-electron chi connectivity index (χ2n) is 3.61. The third kappa shape index (κ3) is 4.30. The lowest BCUT2D eigenvalue weighted by Crippen LogP contribution is -2.13. The highest BCUT2D eigenvalue weighted by Gasteiger charge is 2.11. The Morgan fingerprint density at radius 2 is 2.00 bits per heavy atom. The zero-order valence-electron chi connectivity index (χ0n) is 9.35. The van der Waals surface area contributed by atoms with Crippen LogP contribution in [0.25, 0.3) is 0 Å². The van der Waals surface area contributed by atoms with Crippen LogP contribution < -0.4 is 5.73 Å². The Morgan fingerprint density at radius 3 is 2.62 bits per heavy atom. The SMILES string of the molecule is COCCS(=O)(=O)Cc1cccc(CN)c1. The second kappa shape index (κ2) is 5.98. The Bertz CT molecular complexity index is 429. The lowest BCUT2D eigenvalue weighted by molar-refractivity contribution is 0.217. The van der Waals surface area contributed by atoms with Gasteiger partial charge in [-0.3, -0.25) is 0 Å². The maximum Gasteiger partial charge on any atom is 0.156 e. The van der Waals surface area contributed by atoms with Crippen LogP contribution in [0.3, 0.4) is 0 Å². The summed E-state index contributed by atoms with van der Waals surface area (Å²) < 4.78 is 28.1. The van der Waals surface area contributed by atoms with Crippen LogP contribution in [-0.2, 0) is 26.9 Å². The number of hydrogen-bond donors (Lipinski definition) is 1. The molecule has 0 saturated heterocycles. The van der Waals surface area contributed by atoms with Crippen molar-refractivity contribution in [2.24, 2.45) is 5.73 Å². The van der Waals surface area contributed by atoms with E-state index < -0.39 is 9.84 Å². The molecule has 1 rings (SSSR count). The Balaban J connectivity index is 2.72. The largest absolute Gasteiger partial charge is 0.384 e. The van der Waals surface area contributed by atoms with Crippen molar-refractivity contribution in [3.8, 4) is 0 Å². The van der Waals surface area contributed by atoms with Gasteiger partial charge in [-0.25, -0.2) is 8.42 Å². The Kier molecular flexibility index (Phi) is 4.92. The molecule has 1 aromatic carbocycles. The molecule has 0 saturated carbocycles. The molecule has 4 nitrogen and oxygen atoms in total. The van der Waals surface area contributed by atoms with E-state index in [9.17, 15) is 8.42 Å². The third-order valence-electron chi connectivity index (χ3n) is 2.21. The summed E-state index contributed by atoms with van der Waals surface area (Å²) in [6.45, 7) is 0.658. The normalized spacial score (nSPS) is 11.6. The second-order valence-corrected chi connectivity index (χ2v) is 5.79. The van der Waals surface area contributed by atoms with E-state index in [1.807, 2.05) is 18.2 Å². The first-order valence-electron chi connectivity index (χ1n) is 5.04. The average molecular weight is 243 g/mol. The molecule has 90 valence electrons. The predicted molar refractivity (Wildman–Crippen MR) is 63.7 cm³/mol. The van der Waals surface area contributed by atoms with Gasteiger partial charge in [0, 0.05) is 13.7 Å². The minimum atomic E-state index is -3.09. The van der Waals surface area contributed by atoms with Gasteiger partial charge in [-0.15, -0.1) is 0 Å². The molecular formula is C11H17NO3S. The van der Waals surface area contributed by atoms with Crippen molar-refractivity contribution in [3.63, 3.8) is 0 Å². The van der Waals surface area contributed by atoms with E-state index in [-0.39, 0.29) is 18.1 Å². The summed E-state index contributed by atoms with van der Waals surface area (Å²) in [5, 5.41) is 0. The summed E-state index contributed by atoms with van der Waals surface area (Å²) in [5.41, 5.74) is 7.21. The van der Waals surface area contributed by atoms with Gasteiger partial charge in [0.2, 0.25) is 0 Å². The Labute approximate surface area is 96.3 Å². The monoisotopic (exact) mass is 243 g/mol. The zero-order chi connectivity index (χ0) is 12.0. The molecule has 0 aliphatic heterocycles. The van der Waals surface area contributed by atoms with E-state index in [1.54, 1.807) is 6.07 Å². The van der Waals surface area contributed by atoms with Crippen LogP contribution in [0.4, 0.5) is 0 Å². The maximum absolute atomic E-state index is 11.6. The molecular weight excluding hydrogens is 226 g/mol. The van der Waals surface area contributed by atoms with Crippen LogP contribution in [0.2, 0.25) is 0 Å². The smallest absolute Gasteiger partial charge is 0.156 e. The van der Waals surface area contributed by atoms with Gasteiger partial charge < -0.3 is 10.5 Å². The van der Waals surface area contributed by atoms with E-state index in [4.69, 9.17) is 10.5 Å². The van der Waals surface area contributed by atoms with Crippen molar-refractivity contribution in [2.75, 3.05) is 19.5 Å². The molecule has 0 heterocycles. The van der Waals surface area contributed by atoms with Gasteiger partial charge in [0.05, 0.1) is 18.1 Å². The highest BCUT2D eigenvalue weighted by Crippen LogP contribution is 2.09. The van der Waals surface area contributed by atoms with Crippen molar-refractivity contribution in [2.45, 2.75) is 12.3 Å². The standard InChI is InChI=1S/C11H17NO3S/c1-15-5-6-16(13,14)9-11-4-2-3-10(7-11)8-12/h2-4,7H,5-6,8-9,12H2,1H3. The fourth-order valence-electron chi connectivity index (χ4n) is 1.38. The van der Waals surface area contributed by atoms with Crippen LogP contribution >= 0.6 is 0 Å². The highest BCUT2D eigenvalue weighted by molar-refractivity contribution is 7.90. The number of sulfone groups is 1. The van der Waals surface area contributed by atoms with Gasteiger partial charge in [0.1, 0.15) is 0 Å². The summed E-state index contributed by atoms with van der Waals surface area (Å²) in [4.78, 5) is 0. The molecule has 2 N–H and O–H groups in total. The number of methoxy groups -OCH3 is 1.